The lowest BCUT2D eigenvalue weighted by Gasteiger charge is -2.36. The molecule has 1 saturated carbocycles. The number of rotatable bonds is 4. The summed E-state index contributed by atoms with van der Waals surface area (Å²) in [5.41, 5.74) is 5.71. The summed E-state index contributed by atoms with van der Waals surface area (Å²) < 4.78 is 0. The van der Waals surface area contributed by atoms with Crippen LogP contribution in [0.3, 0.4) is 0 Å². The number of amides is 4. The van der Waals surface area contributed by atoms with Gasteiger partial charge in [-0.15, -0.1) is 0 Å². The zero-order chi connectivity index (χ0) is 26.7. The molecule has 0 spiro atoms. The predicted octanol–water partition coefficient (Wildman–Crippen LogP) is 5.63. The van der Waals surface area contributed by atoms with E-state index in [1.54, 1.807) is 29.2 Å². The summed E-state index contributed by atoms with van der Waals surface area (Å²) in [5, 5.41) is 4.19. The normalized spacial score (nSPS) is 20.9. The van der Waals surface area contributed by atoms with Gasteiger partial charge in [0.25, 0.3) is 11.8 Å². The summed E-state index contributed by atoms with van der Waals surface area (Å²) in [6.45, 7) is 2.03. The van der Waals surface area contributed by atoms with Crippen molar-refractivity contribution in [3.63, 3.8) is 0 Å². The molecule has 1 saturated heterocycles. The first-order valence-electron chi connectivity index (χ1n) is 13.7. The molecule has 1 aliphatic carbocycles. The van der Waals surface area contributed by atoms with Crippen molar-refractivity contribution in [2.24, 2.45) is 0 Å². The van der Waals surface area contributed by atoms with Gasteiger partial charge in [0, 0.05) is 29.1 Å². The minimum absolute atomic E-state index is 0.130. The Hall–Kier alpha value is -4.39. The third kappa shape index (κ3) is 3.67. The molecule has 2 N–H and O–H groups in total. The molecule has 3 heterocycles. The van der Waals surface area contributed by atoms with Gasteiger partial charge in [0.1, 0.15) is 12.1 Å². The zero-order valence-electron chi connectivity index (χ0n) is 21.8. The van der Waals surface area contributed by atoms with Gasteiger partial charge in [-0.05, 0) is 54.7 Å². The number of aromatic amines is 1. The van der Waals surface area contributed by atoms with Gasteiger partial charge in [-0.1, -0.05) is 67.4 Å². The van der Waals surface area contributed by atoms with Gasteiger partial charge in [-0.25, -0.2) is 9.69 Å². The average Bonchev–Trinajstić information content (AvgIpc) is 3.65. The Morgan fingerprint density at radius 1 is 0.923 bits per heavy atom. The van der Waals surface area contributed by atoms with Gasteiger partial charge in [-0.3, -0.25) is 14.5 Å². The van der Waals surface area contributed by atoms with Crippen molar-refractivity contribution >= 4 is 34.4 Å². The van der Waals surface area contributed by atoms with E-state index in [-0.39, 0.29) is 17.9 Å². The lowest BCUT2D eigenvalue weighted by Crippen LogP contribution is -2.44. The number of H-pyrrole nitrogens is 1. The summed E-state index contributed by atoms with van der Waals surface area (Å²) in [4.78, 5) is 48.3. The molecule has 7 heteroatoms. The molecule has 39 heavy (non-hydrogen) atoms. The Labute approximate surface area is 226 Å². The lowest BCUT2D eigenvalue weighted by atomic mass is 9.87. The fourth-order valence-electron chi connectivity index (χ4n) is 6.71. The fraction of sp³-hybridized carbons (Fsp3) is 0.281. The van der Waals surface area contributed by atoms with Crippen molar-refractivity contribution in [2.75, 3.05) is 4.90 Å². The number of imide groups is 1. The molecule has 7 nitrogen and oxygen atoms in total. The maximum Gasteiger partial charge on any atom is 0.332 e. The number of carbonyl (C=O) groups excluding carboxylic acids is 3. The van der Waals surface area contributed by atoms with E-state index in [1.807, 2.05) is 49.4 Å². The van der Waals surface area contributed by atoms with Crippen molar-refractivity contribution in [1.82, 2.24) is 15.2 Å². The molecule has 2 fully saturated rings. The van der Waals surface area contributed by atoms with Crippen LogP contribution in [0.15, 0.2) is 72.8 Å². The van der Waals surface area contributed by atoms with E-state index in [2.05, 4.69) is 16.4 Å². The van der Waals surface area contributed by atoms with Crippen LogP contribution in [0.2, 0.25) is 0 Å². The standard InChI is InChI=1S/C32H30N4O3/c1-19-10-2-5-13-21(19)29-28-24(22-14-6-8-16-25(22)34-28)18-27-31(38)36(32(39)35(27)29)26-17-9-7-15-23(26)30(37)33-20-11-3-4-12-20/h2,5-10,13-17,20,27,29,34H,3-4,11-12,18H2,1H3,(H,33,37)/t27-,29?/m0/s1. The molecule has 4 amide bonds. The molecule has 0 bridgehead atoms. The molecule has 2 aliphatic heterocycles. The van der Waals surface area contributed by atoms with E-state index >= 15 is 0 Å². The lowest BCUT2D eigenvalue weighted by molar-refractivity contribution is -0.120. The second-order valence-corrected chi connectivity index (χ2v) is 10.9. The number of nitrogens with one attached hydrogen (secondary N) is 2. The van der Waals surface area contributed by atoms with Crippen molar-refractivity contribution in [1.29, 1.82) is 0 Å². The summed E-state index contributed by atoms with van der Waals surface area (Å²) in [5.74, 6) is -0.537. The number of aromatic nitrogens is 1. The molecule has 3 aliphatic rings. The Balaban J connectivity index is 1.34. The molecule has 4 aromatic rings. The molecule has 1 aromatic heterocycles. The largest absolute Gasteiger partial charge is 0.356 e. The number of anilines is 1. The number of nitrogens with zero attached hydrogens (tertiary/aromatic N) is 2. The van der Waals surface area contributed by atoms with Crippen LogP contribution in [-0.4, -0.2) is 39.8 Å². The fourth-order valence-corrected chi connectivity index (χ4v) is 6.71. The second kappa shape index (κ2) is 9.12. The molecule has 3 aromatic carbocycles. The molecule has 7 rings (SSSR count). The quantitative estimate of drug-likeness (QED) is 0.343. The third-order valence-corrected chi connectivity index (χ3v) is 8.61. The van der Waals surface area contributed by atoms with Crippen LogP contribution in [0.5, 0.6) is 0 Å². The summed E-state index contributed by atoms with van der Waals surface area (Å²) >= 11 is 0. The van der Waals surface area contributed by atoms with Crippen molar-refractivity contribution in [2.45, 2.75) is 57.2 Å². The Morgan fingerprint density at radius 3 is 2.46 bits per heavy atom. The van der Waals surface area contributed by atoms with Crippen LogP contribution < -0.4 is 10.2 Å². The maximum atomic E-state index is 14.3. The second-order valence-electron chi connectivity index (χ2n) is 10.9. The van der Waals surface area contributed by atoms with E-state index in [4.69, 9.17) is 0 Å². The van der Waals surface area contributed by atoms with Gasteiger partial charge < -0.3 is 10.3 Å². The minimum atomic E-state index is -0.667. The summed E-state index contributed by atoms with van der Waals surface area (Å²) in [7, 11) is 0. The first-order valence-corrected chi connectivity index (χ1v) is 13.7. The van der Waals surface area contributed by atoms with Crippen LogP contribution in [0.1, 0.15) is 64.5 Å². The van der Waals surface area contributed by atoms with Gasteiger partial charge in [0.05, 0.1) is 11.3 Å². The number of benzene rings is 3. The van der Waals surface area contributed by atoms with E-state index in [9.17, 15) is 14.4 Å². The number of urea groups is 1. The van der Waals surface area contributed by atoms with Crippen LogP contribution in [0.25, 0.3) is 10.9 Å². The van der Waals surface area contributed by atoms with Crippen molar-refractivity contribution in [3.8, 4) is 0 Å². The van der Waals surface area contributed by atoms with E-state index in [0.29, 0.717) is 17.7 Å². The molecule has 1 unspecified atom stereocenters. The molecule has 2 atom stereocenters. The molecule has 0 radical (unpaired) electrons. The number of hydrogen-bond donors (Lipinski definition) is 2. The maximum absolute atomic E-state index is 14.3. The number of aryl methyl sites for hydroxylation is 1. The topological polar surface area (TPSA) is 85.5 Å². The predicted molar refractivity (Wildman–Crippen MR) is 150 cm³/mol. The van der Waals surface area contributed by atoms with Crippen LogP contribution >= 0.6 is 0 Å². The third-order valence-electron chi connectivity index (χ3n) is 8.61. The van der Waals surface area contributed by atoms with E-state index in [1.165, 1.54) is 4.90 Å². The Kier molecular flexibility index (Phi) is 5.54. The molecular formula is C32H30N4O3. The Bertz CT molecular complexity index is 1630. The van der Waals surface area contributed by atoms with E-state index in [0.717, 1.165) is 59.0 Å². The highest BCUT2D eigenvalue weighted by Crippen LogP contribution is 2.45. The van der Waals surface area contributed by atoms with Crippen LogP contribution in [-0.2, 0) is 11.2 Å². The highest BCUT2D eigenvalue weighted by molar-refractivity contribution is 6.24. The van der Waals surface area contributed by atoms with Crippen molar-refractivity contribution in [3.05, 3.63) is 101 Å². The first-order chi connectivity index (χ1) is 19.0. The minimum Gasteiger partial charge on any atom is -0.356 e. The molecular weight excluding hydrogens is 488 g/mol. The van der Waals surface area contributed by atoms with Crippen LogP contribution in [0.4, 0.5) is 10.5 Å². The van der Waals surface area contributed by atoms with Crippen molar-refractivity contribution < 1.29 is 14.4 Å². The van der Waals surface area contributed by atoms with Gasteiger partial charge >= 0.3 is 6.03 Å². The summed E-state index contributed by atoms with van der Waals surface area (Å²) in [6, 6.07) is 21.7. The number of carbonyl (C=O) groups is 3. The van der Waals surface area contributed by atoms with Gasteiger partial charge in [0.2, 0.25) is 0 Å². The van der Waals surface area contributed by atoms with Crippen LogP contribution in [0, 0.1) is 6.92 Å². The highest BCUT2D eigenvalue weighted by Gasteiger charge is 2.53. The monoisotopic (exact) mass is 518 g/mol. The highest BCUT2D eigenvalue weighted by atomic mass is 16.2. The first kappa shape index (κ1) is 23.7. The number of fused-ring (bicyclic) bond motifs is 4. The van der Waals surface area contributed by atoms with E-state index < -0.39 is 18.1 Å². The SMILES string of the molecule is Cc1ccccc1C1c2[nH]c3ccccc3c2C[C@H]2C(=O)N(c3ccccc3C(=O)NC3CCCC3)C(=O)N12. The number of para-hydroxylation sites is 2. The average molecular weight is 519 g/mol. The Morgan fingerprint density at radius 2 is 1.64 bits per heavy atom. The zero-order valence-corrected chi connectivity index (χ0v) is 21.8. The van der Waals surface area contributed by atoms with Gasteiger partial charge in [-0.2, -0.15) is 0 Å². The summed E-state index contributed by atoms with van der Waals surface area (Å²) in [6.07, 6.45) is 4.52. The molecule has 196 valence electrons. The number of hydrogen-bond acceptors (Lipinski definition) is 3. The smallest absolute Gasteiger partial charge is 0.332 e. The van der Waals surface area contributed by atoms with Gasteiger partial charge in [0.15, 0.2) is 0 Å².